The SMILES string of the molecule is COc1cccc(C(=O)N/N=C\c2ccc(N3CCOCC3)cc2)c1. The smallest absolute Gasteiger partial charge is 0.271 e. The van der Waals surface area contributed by atoms with Crippen molar-refractivity contribution in [3.05, 3.63) is 59.7 Å². The first-order valence-electron chi connectivity index (χ1n) is 8.16. The van der Waals surface area contributed by atoms with E-state index < -0.39 is 0 Å². The third-order valence-electron chi connectivity index (χ3n) is 3.98. The van der Waals surface area contributed by atoms with Crippen LogP contribution < -0.4 is 15.1 Å². The first-order chi connectivity index (χ1) is 12.3. The molecule has 0 radical (unpaired) electrons. The normalized spacial score (nSPS) is 14.5. The molecule has 0 bridgehead atoms. The lowest BCUT2D eigenvalue weighted by atomic mass is 10.2. The number of ether oxygens (including phenoxy) is 2. The second kappa shape index (κ2) is 8.30. The Bertz CT molecular complexity index is 738. The zero-order valence-corrected chi connectivity index (χ0v) is 14.1. The summed E-state index contributed by atoms with van der Waals surface area (Å²) in [5.74, 6) is 0.357. The number of hydrazone groups is 1. The van der Waals surface area contributed by atoms with E-state index in [0.717, 1.165) is 31.9 Å². The third kappa shape index (κ3) is 4.58. The van der Waals surface area contributed by atoms with E-state index in [1.54, 1.807) is 37.6 Å². The first kappa shape index (κ1) is 17.0. The van der Waals surface area contributed by atoms with Crippen molar-refractivity contribution in [1.82, 2.24) is 5.43 Å². The van der Waals surface area contributed by atoms with E-state index in [-0.39, 0.29) is 5.91 Å². The van der Waals surface area contributed by atoms with Gasteiger partial charge in [-0.1, -0.05) is 18.2 Å². The Balaban J connectivity index is 1.57. The lowest BCUT2D eigenvalue weighted by Crippen LogP contribution is -2.36. The number of benzene rings is 2. The van der Waals surface area contributed by atoms with Gasteiger partial charge in [-0.3, -0.25) is 4.79 Å². The highest BCUT2D eigenvalue weighted by Gasteiger charge is 2.10. The molecule has 0 spiro atoms. The molecule has 1 aliphatic heterocycles. The van der Waals surface area contributed by atoms with Crippen LogP contribution in [0.15, 0.2) is 53.6 Å². The number of nitrogens with one attached hydrogen (secondary N) is 1. The summed E-state index contributed by atoms with van der Waals surface area (Å²) in [4.78, 5) is 14.4. The summed E-state index contributed by atoms with van der Waals surface area (Å²) in [6.07, 6.45) is 1.63. The van der Waals surface area contributed by atoms with E-state index in [1.165, 1.54) is 5.69 Å². The highest BCUT2D eigenvalue weighted by atomic mass is 16.5. The molecule has 0 unspecified atom stereocenters. The number of carbonyl (C=O) groups excluding carboxylic acids is 1. The molecule has 1 amide bonds. The Kier molecular flexibility index (Phi) is 5.64. The van der Waals surface area contributed by atoms with Crippen LogP contribution in [0.25, 0.3) is 0 Å². The van der Waals surface area contributed by atoms with Crippen LogP contribution in [-0.2, 0) is 4.74 Å². The van der Waals surface area contributed by atoms with Gasteiger partial charge in [0.2, 0.25) is 0 Å². The molecule has 0 aromatic heterocycles. The Hall–Kier alpha value is -2.86. The van der Waals surface area contributed by atoms with Crippen molar-refractivity contribution in [2.45, 2.75) is 0 Å². The molecule has 2 aromatic rings. The zero-order chi connectivity index (χ0) is 17.5. The molecule has 1 fully saturated rings. The molecule has 3 rings (SSSR count). The molecule has 25 heavy (non-hydrogen) atoms. The average Bonchev–Trinajstić information content (AvgIpc) is 2.69. The quantitative estimate of drug-likeness (QED) is 0.671. The molecule has 1 saturated heterocycles. The second-order valence-electron chi connectivity index (χ2n) is 5.62. The largest absolute Gasteiger partial charge is 0.497 e. The number of morpholine rings is 1. The summed E-state index contributed by atoms with van der Waals surface area (Å²) in [5, 5.41) is 4.02. The van der Waals surface area contributed by atoms with Crippen molar-refractivity contribution < 1.29 is 14.3 Å². The fourth-order valence-corrected chi connectivity index (χ4v) is 2.59. The molecule has 1 N–H and O–H groups in total. The number of nitrogens with zero attached hydrogens (tertiary/aromatic N) is 2. The molecule has 0 saturated carbocycles. The van der Waals surface area contributed by atoms with E-state index in [9.17, 15) is 4.79 Å². The summed E-state index contributed by atoms with van der Waals surface area (Å²) in [7, 11) is 1.57. The first-order valence-corrected chi connectivity index (χ1v) is 8.16. The summed E-state index contributed by atoms with van der Waals surface area (Å²) >= 11 is 0. The van der Waals surface area contributed by atoms with Crippen molar-refractivity contribution in [3.8, 4) is 5.75 Å². The lowest BCUT2D eigenvalue weighted by molar-refractivity contribution is 0.0955. The molecule has 6 nitrogen and oxygen atoms in total. The van der Waals surface area contributed by atoms with Gasteiger partial charge >= 0.3 is 0 Å². The standard InChI is InChI=1S/C19H21N3O3/c1-24-18-4-2-3-16(13-18)19(23)21-20-14-15-5-7-17(8-6-15)22-9-11-25-12-10-22/h2-8,13-14H,9-12H2,1H3,(H,21,23)/b20-14-. The molecule has 1 aliphatic rings. The van der Waals surface area contributed by atoms with Crippen molar-refractivity contribution in [3.63, 3.8) is 0 Å². The van der Waals surface area contributed by atoms with Crippen LogP contribution >= 0.6 is 0 Å². The average molecular weight is 339 g/mol. The molecular formula is C19H21N3O3. The summed E-state index contributed by atoms with van der Waals surface area (Å²) in [6, 6.07) is 15.0. The molecule has 130 valence electrons. The van der Waals surface area contributed by atoms with Crippen molar-refractivity contribution in [2.24, 2.45) is 5.10 Å². The van der Waals surface area contributed by atoms with Crippen LogP contribution in [0.1, 0.15) is 15.9 Å². The van der Waals surface area contributed by atoms with Gasteiger partial charge in [0.25, 0.3) is 5.91 Å². The number of anilines is 1. The predicted octanol–water partition coefficient (Wildman–Crippen LogP) is 2.30. The van der Waals surface area contributed by atoms with Crippen molar-refractivity contribution in [1.29, 1.82) is 0 Å². The number of amides is 1. The number of hydrogen-bond donors (Lipinski definition) is 1. The maximum atomic E-state index is 12.1. The van der Waals surface area contributed by atoms with E-state index in [2.05, 4.69) is 27.6 Å². The van der Waals surface area contributed by atoms with Gasteiger partial charge in [-0.25, -0.2) is 5.43 Å². The number of hydrogen-bond acceptors (Lipinski definition) is 5. The van der Waals surface area contributed by atoms with Gasteiger partial charge in [0, 0.05) is 24.3 Å². The van der Waals surface area contributed by atoms with Crippen molar-refractivity contribution >= 4 is 17.8 Å². The Labute approximate surface area is 147 Å². The van der Waals surface area contributed by atoms with Crippen LogP contribution in [0.3, 0.4) is 0 Å². The van der Waals surface area contributed by atoms with Gasteiger partial charge in [-0.15, -0.1) is 0 Å². The van der Waals surface area contributed by atoms with Crippen LogP contribution in [0.2, 0.25) is 0 Å². The highest BCUT2D eigenvalue weighted by Crippen LogP contribution is 2.16. The van der Waals surface area contributed by atoms with E-state index in [0.29, 0.717) is 11.3 Å². The zero-order valence-electron chi connectivity index (χ0n) is 14.1. The summed E-state index contributed by atoms with van der Waals surface area (Å²) in [5.41, 5.74) is 5.11. The van der Waals surface area contributed by atoms with Gasteiger partial charge in [0.05, 0.1) is 26.5 Å². The molecule has 0 aliphatic carbocycles. The fraction of sp³-hybridized carbons (Fsp3) is 0.263. The van der Waals surface area contributed by atoms with Gasteiger partial charge in [0.15, 0.2) is 0 Å². The minimum absolute atomic E-state index is 0.278. The molecule has 2 aromatic carbocycles. The van der Waals surface area contributed by atoms with E-state index in [4.69, 9.17) is 9.47 Å². The van der Waals surface area contributed by atoms with Crippen LogP contribution in [0, 0.1) is 0 Å². The van der Waals surface area contributed by atoms with Gasteiger partial charge in [-0.05, 0) is 35.9 Å². The lowest BCUT2D eigenvalue weighted by Gasteiger charge is -2.28. The van der Waals surface area contributed by atoms with Gasteiger partial charge in [-0.2, -0.15) is 5.10 Å². The third-order valence-corrected chi connectivity index (χ3v) is 3.98. The van der Waals surface area contributed by atoms with E-state index >= 15 is 0 Å². The fourth-order valence-electron chi connectivity index (χ4n) is 2.59. The monoisotopic (exact) mass is 339 g/mol. The number of methoxy groups -OCH3 is 1. The topological polar surface area (TPSA) is 63.2 Å². The van der Waals surface area contributed by atoms with E-state index in [1.807, 2.05) is 12.1 Å². The highest BCUT2D eigenvalue weighted by molar-refractivity contribution is 5.95. The predicted molar refractivity (Wildman–Crippen MR) is 97.5 cm³/mol. The van der Waals surface area contributed by atoms with Crippen LogP contribution in [0.4, 0.5) is 5.69 Å². The minimum Gasteiger partial charge on any atom is -0.497 e. The molecule has 1 heterocycles. The number of carbonyl (C=O) groups is 1. The van der Waals surface area contributed by atoms with Crippen LogP contribution in [0.5, 0.6) is 5.75 Å². The second-order valence-corrected chi connectivity index (χ2v) is 5.62. The minimum atomic E-state index is -0.278. The Morgan fingerprint density at radius 3 is 2.68 bits per heavy atom. The number of rotatable bonds is 5. The Morgan fingerprint density at radius 1 is 1.20 bits per heavy atom. The maximum absolute atomic E-state index is 12.1. The summed E-state index contributed by atoms with van der Waals surface area (Å²) in [6.45, 7) is 3.34. The molecule has 0 atom stereocenters. The Morgan fingerprint density at radius 2 is 1.96 bits per heavy atom. The maximum Gasteiger partial charge on any atom is 0.271 e. The molecular weight excluding hydrogens is 318 g/mol. The summed E-state index contributed by atoms with van der Waals surface area (Å²) < 4.78 is 10.5. The molecule has 6 heteroatoms. The van der Waals surface area contributed by atoms with Gasteiger partial charge < -0.3 is 14.4 Å². The van der Waals surface area contributed by atoms with Crippen molar-refractivity contribution in [2.75, 3.05) is 38.3 Å². The van der Waals surface area contributed by atoms with Crippen LogP contribution in [-0.4, -0.2) is 45.5 Å². The van der Waals surface area contributed by atoms with Gasteiger partial charge in [0.1, 0.15) is 5.75 Å².